The lowest BCUT2D eigenvalue weighted by molar-refractivity contribution is -0.140. The summed E-state index contributed by atoms with van der Waals surface area (Å²) in [5.41, 5.74) is 0. The minimum Gasteiger partial charge on any atom is -0.381 e. The van der Waals surface area contributed by atoms with E-state index in [1.165, 1.54) is 6.42 Å². The summed E-state index contributed by atoms with van der Waals surface area (Å²) in [7, 11) is 0. The quantitative estimate of drug-likeness (QED) is 0.771. The molecule has 2 aliphatic heterocycles. The molecule has 0 unspecified atom stereocenters. The van der Waals surface area contributed by atoms with Gasteiger partial charge in [0.1, 0.15) is 0 Å². The number of hydrogen-bond donors (Lipinski definition) is 0. The van der Waals surface area contributed by atoms with Gasteiger partial charge >= 0.3 is 0 Å². The van der Waals surface area contributed by atoms with Gasteiger partial charge < -0.3 is 14.5 Å². The molecule has 1 saturated carbocycles. The summed E-state index contributed by atoms with van der Waals surface area (Å²) >= 11 is 0. The molecule has 21 heavy (non-hydrogen) atoms. The zero-order valence-corrected chi connectivity index (χ0v) is 12.8. The minimum atomic E-state index is 0.132. The number of rotatable bonds is 2. The van der Waals surface area contributed by atoms with Crippen LogP contribution in [0.15, 0.2) is 0 Å². The van der Waals surface area contributed by atoms with E-state index in [-0.39, 0.29) is 17.7 Å². The van der Waals surface area contributed by atoms with Crippen molar-refractivity contribution in [2.24, 2.45) is 11.8 Å². The molecule has 5 nitrogen and oxygen atoms in total. The SMILES string of the molecule is O=C(C1CCC1)N1CCCN(C(=O)C2CCOCC2)CC1. The van der Waals surface area contributed by atoms with E-state index >= 15 is 0 Å². The van der Waals surface area contributed by atoms with Crippen LogP contribution >= 0.6 is 0 Å². The molecule has 3 rings (SSSR count). The van der Waals surface area contributed by atoms with E-state index in [4.69, 9.17) is 4.74 Å². The predicted octanol–water partition coefficient (Wildman–Crippen LogP) is 1.27. The van der Waals surface area contributed by atoms with Gasteiger partial charge in [-0.25, -0.2) is 0 Å². The average molecular weight is 294 g/mol. The van der Waals surface area contributed by atoms with Crippen molar-refractivity contribution in [2.75, 3.05) is 39.4 Å². The first-order chi connectivity index (χ1) is 10.3. The van der Waals surface area contributed by atoms with E-state index in [2.05, 4.69) is 0 Å². The minimum absolute atomic E-state index is 0.132. The number of carbonyl (C=O) groups is 2. The van der Waals surface area contributed by atoms with Crippen LogP contribution in [-0.4, -0.2) is 61.0 Å². The Morgan fingerprint density at radius 2 is 1.24 bits per heavy atom. The Kier molecular flexibility index (Phi) is 4.78. The van der Waals surface area contributed by atoms with Gasteiger partial charge in [0.05, 0.1) is 0 Å². The molecule has 2 amide bonds. The zero-order valence-electron chi connectivity index (χ0n) is 12.8. The molecular formula is C16H26N2O3. The highest BCUT2D eigenvalue weighted by Gasteiger charge is 2.32. The molecule has 0 spiro atoms. The summed E-state index contributed by atoms with van der Waals surface area (Å²) in [6.07, 6.45) is 5.91. The van der Waals surface area contributed by atoms with Crippen molar-refractivity contribution in [3.8, 4) is 0 Å². The molecule has 0 aromatic carbocycles. The first-order valence-electron chi connectivity index (χ1n) is 8.41. The van der Waals surface area contributed by atoms with Crippen molar-refractivity contribution in [1.29, 1.82) is 0 Å². The molecule has 0 atom stereocenters. The summed E-state index contributed by atoms with van der Waals surface area (Å²) in [5.74, 6) is 0.994. The van der Waals surface area contributed by atoms with Crippen molar-refractivity contribution in [3.63, 3.8) is 0 Å². The fourth-order valence-electron chi connectivity index (χ4n) is 3.47. The number of amides is 2. The highest BCUT2D eigenvalue weighted by molar-refractivity contribution is 5.80. The lowest BCUT2D eigenvalue weighted by Gasteiger charge is -2.31. The molecule has 0 aromatic rings. The fourth-order valence-corrected chi connectivity index (χ4v) is 3.47. The van der Waals surface area contributed by atoms with Crippen LogP contribution in [0.2, 0.25) is 0 Å². The third-order valence-electron chi connectivity index (χ3n) is 5.14. The van der Waals surface area contributed by atoms with Gasteiger partial charge in [0, 0.05) is 51.2 Å². The van der Waals surface area contributed by atoms with Crippen molar-refractivity contribution < 1.29 is 14.3 Å². The van der Waals surface area contributed by atoms with Crippen LogP contribution in [0.1, 0.15) is 38.5 Å². The molecule has 3 fully saturated rings. The van der Waals surface area contributed by atoms with E-state index in [1.807, 2.05) is 9.80 Å². The molecule has 1 aliphatic carbocycles. The second kappa shape index (κ2) is 6.77. The van der Waals surface area contributed by atoms with E-state index in [9.17, 15) is 9.59 Å². The summed E-state index contributed by atoms with van der Waals surface area (Å²) in [5, 5.41) is 0. The van der Waals surface area contributed by atoms with Crippen molar-refractivity contribution >= 4 is 11.8 Å². The van der Waals surface area contributed by atoms with Gasteiger partial charge in [-0.1, -0.05) is 6.42 Å². The molecule has 2 heterocycles. The largest absolute Gasteiger partial charge is 0.381 e. The van der Waals surface area contributed by atoms with Crippen LogP contribution in [0, 0.1) is 11.8 Å². The number of nitrogens with zero attached hydrogens (tertiary/aromatic N) is 2. The Morgan fingerprint density at radius 1 is 0.714 bits per heavy atom. The molecule has 118 valence electrons. The Bertz CT molecular complexity index is 389. The summed E-state index contributed by atoms with van der Waals surface area (Å²) in [6.45, 7) is 4.43. The van der Waals surface area contributed by atoms with Gasteiger partial charge in [-0.2, -0.15) is 0 Å². The first kappa shape index (κ1) is 14.8. The van der Waals surface area contributed by atoms with Crippen LogP contribution in [0.25, 0.3) is 0 Å². The van der Waals surface area contributed by atoms with Gasteiger partial charge in [-0.05, 0) is 32.1 Å². The first-order valence-corrected chi connectivity index (χ1v) is 8.41. The van der Waals surface area contributed by atoms with Gasteiger partial charge in [-0.15, -0.1) is 0 Å². The van der Waals surface area contributed by atoms with E-state index in [0.29, 0.717) is 32.2 Å². The normalized spacial score (nSPS) is 25.3. The third-order valence-corrected chi connectivity index (χ3v) is 5.14. The van der Waals surface area contributed by atoms with E-state index in [1.54, 1.807) is 0 Å². The topological polar surface area (TPSA) is 49.9 Å². The Hall–Kier alpha value is -1.10. The molecule has 5 heteroatoms. The Labute approximate surface area is 126 Å². The highest BCUT2D eigenvalue weighted by atomic mass is 16.5. The van der Waals surface area contributed by atoms with Crippen molar-refractivity contribution in [3.05, 3.63) is 0 Å². The van der Waals surface area contributed by atoms with Gasteiger partial charge in [-0.3, -0.25) is 9.59 Å². The second-order valence-electron chi connectivity index (χ2n) is 6.52. The van der Waals surface area contributed by atoms with Gasteiger partial charge in [0.25, 0.3) is 0 Å². The molecule has 0 bridgehead atoms. The maximum Gasteiger partial charge on any atom is 0.225 e. The Morgan fingerprint density at radius 3 is 1.71 bits per heavy atom. The number of ether oxygens (including phenoxy) is 1. The van der Waals surface area contributed by atoms with Crippen LogP contribution < -0.4 is 0 Å². The molecule has 2 saturated heterocycles. The predicted molar refractivity (Wildman–Crippen MR) is 78.7 cm³/mol. The lowest BCUT2D eigenvalue weighted by Crippen LogP contribution is -2.43. The van der Waals surface area contributed by atoms with E-state index < -0.39 is 0 Å². The Balaban J connectivity index is 1.52. The monoisotopic (exact) mass is 294 g/mol. The smallest absolute Gasteiger partial charge is 0.225 e. The lowest BCUT2D eigenvalue weighted by atomic mass is 9.84. The van der Waals surface area contributed by atoms with Crippen molar-refractivity contribution in [2.45, 2.75) is 38.5 Å². The summed E-state index contributed by atoms with van der Waals surface area (Å²) in [6, 6.07) is 0. The summed E-state index contributed by atoms with van der Waals surface area (Å²) in [4.78, 5) is 28.8. The van der Waals surface area contributed by atoms with Crippen LogP contribution in [-0.2, 0) is 14.3 Å². The molecule has 3 aliphatic rings. The summed E-state index contributed by atoms with van der Waals surface area (Å²) < 4.78 is 5.33. The fraction of sp³-hybridized carbons (Fsp3) is 0.875. The standard InChI is InChI=1S/C16H26N2O3/c19-15(13-3-1-4-13)17-7-2-8-18(10-9-17)16(20)14-5-11-21-12-6-14/h13-14H,1-12H2. The number of hydrogen-bond acceptors (Lipinski definition) is 3. The van der Waals surface area contributed by atoms with Crippen LogP contribution in [0.4, 0.5) is 0 Å². The molecule has 0 aromatic heterocycles. The molecular weight excluding hydrogens is 268 g/mol. The zero-order chi connectivity index (χ0) is 14.7. The van der Waals surface area contributed by atoms with E-state index in [0.717, 1.165) is 45.2 Å². The average Bonchev–Trinajstić information content (AvgIpc) is 2.71. The van der Waals surface area contributed by atoms with Crippen molar-refractivity contribution in [1.82, 2.24) is 9.80 Å². The molecule has 0 radical (unpaired) electrons. The number of carbonyl (C=O) groups excluding carboxylic acids is 2. The maximum absolute atomic E-state index is 12.6. The highest BCUT2D eigenvalue weighted by Crippen LogP contribution is 2.28. The molecule has 0 N–H and O–H groups in total. The third kappa shape index (κ3) is 3.39. The maximum atomic E-state index is 12.6. The van der Waals surface area contributed by atoms with Gasteiger partial charge in [0.2, 0.25) is 11.8 Å². The van der Waals surface area contributed by atoms with Crippen LogP contribution in [0.5, 0.6) is 0 Å². The second-order valence-corrected chi connectivity index (χ2v) is 6.52. The van der Waals surface area contributed by atoms with Gasteiger partial charge in [0.15, 0.2) is 0 Å². The van der Waals surface area contributed by atoms with Crippen LogP contribution in [0.3, 0.4) is 0 Å².